The minimum Gasteiger partial charge on any atom is -0.462 e. The van der Waals surface area contributed by atoms with E-state index in [1.807, 2.05) is 24.3 Å². The van der Waals surface area contributed by atoms with Crippen molar-refractivity contribution in [2.45, 2.75) is 13.3 Å². The SMILES string of the molecule is CCOC(=O)C1=C(c2ccc[nH]2)Cc2ccccc2C1=O. The fourth-order valence-electron chi connectivity index (χ4n) is 2.61. The van der Waals surface area contributed by atoms with Crippen molar-refractivity contribution in [2.75, 3.05) is 6.61 Å². The molecular weight excluding hydrogens is 266 g/mol. The maximum Gasteiger partial charge on any atom is 0.342 e. The molecule has 106 valence electrons. The van der Waals surface area contributed by atoms with Gasteiger partial charge in [-0.1, -0.05) is 24.3 Å². The van der Waals surface area contributed by atoms with Crippen LogP contribution in [0.1, 0.15) is 28.5 Å². The number of fused-ring (bicyclic) bond motifs is 1. The zero-order valence-corrected chi connectivity index (χ0v) is 11.7. The number of carbonyl (C=O) groups excluding carboxylic acids is 2. The van der Waals surface area contributed by atoms with Crippen molar-refractivity contribution in [3.05, 3.63) is 65.0 Å². The number of hydrogen-bond donors (Lipinski definition) is 1. The topological polar surface area (TPSA) is 59.2 Å². The second kappa shape index (κ2) is 5.40. The maximum absolute atomic E-state index is 12.7. The summed E-state index contributed by atoms with van der Waals surface area (Å²) in [6.07, 6.45) is 2.31. The van der Waals surface area contributed by atoms with Crippen LogP contribution in [0.15, 0.2) is 48.2 Å². The van der Waals surface area contributed by atoms with Crippen molar-refractivity contribution >= 4 is 17.3 Å². The van der Waals surface area contributed by atoms with Gasteiger partial charge in [0.1, 0.15) is 5.57 Å². The molecule has 0 saturated heterocycles. The number of esters is 1. The van der Waals surface area contributed by atoms with Gasteiger partial charge in [0.15, 0.2) is 0 Å². The van der Waals surface area contributed by atoms with Gasteiger partial charge in [0.2, 0.25) is 5.78 Å². The summed E-state index contributed by atoms with van der Waals surface area (Å²) in [4.78, 5) is 27.9. The molecule has 1 aliphatic rings. The summed E-state index contributed by atoms with van der Waals surface area (Å²) in [5, 5.41) is 0. The van der Waals surface area contributed by atoms with Crippen molar-refractivity contribution in [3.8, 4) is 0 Å². The fraction of sp³-hybridized carbons (Fsp3) is 0.176. The highest BCUT2D eigenvalue weighted by atomic mass is 16.5. The van der Waals surface area contributed by atoms with E-state index in [2.05, 4.69) is 4.98 Å². The number of H-pyrrole nitrogens is 1. The van der Waals surface area contributed by atoms with Gasteiger partial charge in [0.05, 0.1) is 6.61 Å². The van der Waals surface area contributed by atoms with Crippen LogP contribution in [0.25, 0.3) is 5.57 Å². The van der Waals surface area contributed by atoms with Gasteiger partial charge in [-0.25, -0.2) is 4.79 Å². The largest absolute Gasteiger partial charge is 0.462 e. The molecule has 3 rings (SSSR count). The number of hydrogen-bond acceptors (Lipinski definition) is 3. The first-order chi connectivity index (χ1) is 10.2. The Labute approximate surface area is 122 Å². The third kappa shape index (κ3) is 2.29. The van der Waals surface area contributed by atoms with Gasteiger partial charge in [0.25, 0.3) is 0 Å². The van der Waals surface area contributed by atoms with Gasteiger partial charge in [-0.3, -0.25) is 4.79 Å². The van der Waals surface area contributed by atoms with E-state index in [-0.39, 0.29) is 18.0 Å². The number of rotatable bonds is 3. The van der Waals surface area contributed by atoms with Crippen LogP contribution in [0.3, 0.4) is 0 Å². The molecule has 4 nitrogen and oxygen atoms in total. The number of aromatic nitrogens is 1. The zero-order valence-electron chi connectivity index (χ0n) is 11.7. The second-order valence-electron chi connectivity index (χ2n) is 4.82. The molecule has 1 N–H and O–H groups in total. The number of nitrogens with one attached hydrogen (secondary N) is 1. The fourth-order valence-corrected chi connectivity index (χ4v) is 2.61. The van der Waals surface area contributed by atoms with Crippen LogP contribution >= 0.6 is 0 Å². The second-order valence-corrected chi connectivity index (χ2v) is 4.82. The average Bonchev–Trinajstić information content (AvgIpc) is 3.01. The van der Waals surface area contributed by atoms with Gasteiger partial charge in [-0.05, 0) is 30.2 Å². The number of aromatic amines is 1. The highest BCUT2D eigenvalue weighted by molar-refractivity contribution is 6.30. The highest BCUT2D eigenvalue weighted by Crippen LogP contribution is 2.32. The van der Waals surface area contributed by atoms with Crippen LogP contribution in [-0.2, 0) is 16.0 Å². The molecule has 0 fully saturated rings. The van der Waals surface area contributed by atoms with Crippen LogP contribution in [0.2, 0.25) is 0 Å². The van der Waals surface area contributed by atoms with E-state index in [1.54, 1.807) is 25.3 Å². The average molecular weight is 281 g/mol. The Morgan fingerprint density at radius 3 is 2.76 bits per heavy atom. The predicted octanol–water partition coefficient (Wildman–Crippen LogP) is 2.77. The van der Waals surface area contributed by atoms with E-state index in [0.29, 0.717) is 17.6 Å². The molecule has 2 aromatic rings. The van der Waals surface area contributed by atoms with Gasteiger partial charge in [-0.15, -0.1) is 0 Å². The van der Waals surface area contributed by atoms with Crippen LogP contribution < -0.4 is 0 Å². The van der Waals surface area contributed by atoms with Crippen molar-refractivity contribution in [3.63, 3.8) is 0 Å². The minimum absolute atomic E-state index is 0.137. The highest BCUT2D eigenvalue weighted by Gasteiger charge is 2.32. The van der Waals surface area contributed by atoms with Crippen LogP contribution in [-0.4, -0.2) is 23.3 Å². The molecule has 0 unspecified atom stereocenters. The molecule has 0 atom stereocenters. The van der Waals surface area contributed by atoms with Gasteiger partial charge in [0, 0.05) is 23.9 Å². The Balaban J connectivity index is 2.16. The molecule has 0 radical (unpaired) electrons. The first kappa shape index (κ1) is 13.4. The summed E-state index contributed by atoms with van der Waals surface area (Å²) in [6.45, 7) is 1.98. The van der Waals surface area contributed by atoms with E-state index < -0.39 is 5.97 Å². The third-order valence-electron chi connectivity index (χ3n) is 3.56. The smallest absolute Gasteiger partial charge is 0.342 e. The lowest BCUT2D eigenvalue weighted by Crippen LogP contribution is -2.23. The molecule has 21 heavy (non-hydrogen) atoms. The Hall–Kier alpha value is -2.62. The van der Waals surface area contributed by atoms with Crippen LogP contribution in [0.4, 0.5) is 0 Å². The minimum atomic E-state index is -0.554. The van der Waals surface area contributed by atoms with E-state index in [0.717, 1.165) is 11.3 Å². The molecular formula is C17H15NO3. The zero-order chi connectivity index (χ0) is 14.8. The van der Waals surface area contributed by atoms with Crippen molar-refractivity contribution in [2.24, 2.45) is 0 Å². The van der Waals surface area contributed by atoms with Gasteiger partial charge < -0.3 is 9.72 Å². The molecule has 1 aliphatic carbocycles. The monoisotopic (exact) mass is 281 g/mol. The molecule has 0 aliphatic heterocycles. The molecule has 0 bridgehead atoms. The summed E-state index contributed by atoms with van der Waals surface area (Å²) in [7, 11) is 0. The molecule has 1 aromatic heterocycles. The predicted molar refractivity (Wildman–Crippen MR) is 78.8 cm³/mol. The van der Waals surface area contributed by atoms with E-state index >= 15 is 0 Å². The Morgan fingerprint density at radius 1 is 1.24 bits per heavy atom. The lowest BCUT2D eigenvalue weighted by Gasteiger charge is -2.20. The lowest BCUT2D eigenvalue weighted by molar-refractivity contribution is -0.138. The Morgan fingerprint density at radius 2 is 2.05 bits per heavy atom. The first-order valence-electron chi connectivity index (χ1n) is 6.89. The van der Waals surface area contributed by atoms with Gasteiger partial charge >= 0.3 is 5.97 Å². The molecule has 0 amide bonds. The van der Waals surface area contributed by atoms with Crippen LogP contribution in [0.5, 0.6) is 0 Å². The Kier molecular flexibility index (Phi) is 3.44. The van der Waals surface area contributed by atoms with Crippen molar-refractivity contribution < 1.29 is 14.3 Å². The number of benzene rings is 1. The summed E-state index contributed by atoms with van der Waals surface area (Å²) in [5.41, 5.74) is 3.12. The van der Waals surface area contributed by atoms with Crippen LogP contribution in [0, 0.1) is 0 Å². The van der Waals surface area contributed by atoms with Crippen molar-refractivity contribution in [1.29, 1.82) is 0 Å². The molecule has 1 aromatic carbocycles. The van der Waals surface area contributed by atoms with E-state index in [9.17, 15) is 9.59 Å². The number of ketones is 1. The number of carbonyl (C=O) groups is 2. The first-order valence-corrected chi connectivity index (χ1v) is 6.89. The van der Waals surface area contributed by atoms with Crippen molar-refractivity contribution in [1.82, 2.24) is 4.98 Å². The standard InChI is InChI=1S/C17H15NO3/c1-2-21-17(20)15-13(14-8-5-9-18-14)10-11-6-3-4-7-12(11)16(15)19/h3-9,18H,2,10H2,1H3. The summed E-state index contributed by atoms with van der Waals surface area (Å²) < 4.78 is 5.06. The maximum atomic E-state index is 12.7. The quantitative estimate of drug-likeness (QED) is 0.695. The number of Topliss-reactive ketones (excluding diaryl/α,β-unsaturated/α-hetero) is 1. The molecule has 0 saturated carbocycles. The molecule has 0 spiro atoms. The number of allylic oxidation sites excluding steroid dienone is 1. The normalized spacial score (nSPS) is 14.0. The van der Waals surface area contributed by atoms with Gasteiger partial charge in [-0.2, -0.15) is 0 Å². The Bertz CT molecular complexity index is 726. The third-order valence-corrected chi connectivity index (χ3v) is 3.56. The molecule has 1 heterocycles. The van der Waals surface area contributed by atoms with E-state index in [4.69, 9.17) is 4.74 Å². The summed E-state index contributed by atoms with van der Waals surface area (Å²) in [6, 6.07) is 11.1. The van der Waals surface area contributed by atoms with E-state index in [1.165, 1.54) is 0 Å². The summed E-state index contributed by atoms with van der Waals surface area (Å²) in [5.74, 6) is -0.818. The molecule has 4 heteroatoms. The lowest BCUT2D eigenvalue weighted by atomic mass is 9.83. The summed E-state index contributed by atoms with van der Waals surface area (Å²) >= 11 is 0. The number of ether oxygens (including phenoxy) is 1.